The second-order valence-corrected chi connectivity index (χ2v) is 6.58. The van der Waals surface area contributed by atoms with Gasteiger partial charge in [-0.25, -0.2) is 0 Å². The van der Waals surface area contributed by atoms with E-state index in [9.17, 15) is 0 Å². The van der Waals surface area contributed by atoms with E-state index in [1.165, 1.54) is 38.8 Å². The average molecular weight is 199 g/mol. The molecule has 0 heterocycles. The quantitative estimate of drug-likeness (QED) is 0.542. The van der Waals surface area contributed by atoms with Crippen molar-refractivity contribution in [3.8, 4) is 0 Å². The van der Waals surface area contributed by atoms with Gasteiger partial charge in [-0.15, -0.1) is 0 Å². The molecule has 0 saturated heterocycles. The van der Waals surface area contributed by atoms with Gasteiger partial charge in [-0.1, -0.05) is 33.2 Å². The Kier molecular flexibility index (Phi) is 9.79. The minimum atomic E-state index is 1.09. The Hall–Kier alpha value is 0.394. The SMILES string of the molecule is CCCCN(CCCC)[Si][Si]C. The van der Waals surface area contributed by atoms with E-state index in [-0.39, 0.29) is 0 Å². The summed E-state index contributed by atoms with van der Waals surface area (Å²) in [6, 6.07) is 0. The van der Waals surface area contributed by atoms with Crippen LogP contribution in [0.2, 0.25) is 6.55 Å². The van der Waals surface area contributed by atoms with Crippen molar-refractivity contribution in [2.75, 3.05) is 13.1 Å². The third kappa shape index (κ3) is 7.07. The van der Waals surface area contributed by atoms with Gasteiger partial charge in [-0.3, -0.25) is 0 Å². The number of unbranched alkanes of at least 4 members (excludes halogenated alkanes) is 2. The Morgan fingerprint density at radius 1 is 1.00 bits per heavy atom. The highest BCUT2D eigenvalue weighted by atomic mass is 29.1. The minimum Gasteiger partial charge on any atom is -0.328 e. The first-order chi connectivity index (χ1) is 5.85. The fourth-order valence-electron chi connectivity index (χ4n) is 1.08. The van der Waals surface area contributed by atoms with Crippen molar-refractivity contribution in [3.05, 3.63) is 0 Å². The molecule has 0 unspecified atom stereocenters. The second-order valence-electron chi connectivity index (χ2n) is 3.06. The van der Waals surface area contributed by atoms with Crippen LogP contribution in [0.3, 0.4) is 0 Å². The van der Waals surface area contributed by atoms with Crippen molar-refractivity contribution < 1.29 is 0 Å². The van der Waals surface area contributed by atoms with Crippen molar-refractivity contribution in [3.63, 3.8) is 0 Å². The van der Waals surface area contributed by atoms with Gasteiger partial charge >= 0.3 is 0 Å². The van der Waals surface area contributed by atoms with E-state index in [1.807, 2.05) is 0 Å². The van der Waals surface area contributed by atoms with E-state index in [2.05, 4.69) is 25.0 Å². The van der Waals surface area contributed by atoms with Gasteiger partial charge in [0, 0.05) is 9.04 Å². The first-order valence-electron chi connectivity index (χ1n) is 5.02. The molecule has 4 radical (unpaired) electrons. The van der Waals surface area contributed by atoms with Gasteiger partial charge in [0.2, 0.25) is 0 Å². The summed E-state index contributed by atoms with van der Waals surface area (Å²) in [4.78, 5) is 0. The number of nitrogens with zero attached hydrogens (tertiary/aromatic N) is 1. The zero-order valence-corrected chi connectivity index (χ0v) is 10.7. The molecule has 0 bridgehead atoms. The summed E-state index contributed by atoms with van der Waals surface area (Å²) in [5.74, 6) is 0. The molecule has 12 heavy (non-hydrogen) atoms. The molecule has 0 aromatic carbocycles. The fraction of sp³-hybridized carbons (Fsp3) is 1.00. The molecule has 0 fully saturated rings. The molecule has 70 valence electrons. The topological polar surface area (TPSA) is 3.24 Å². The Morgan fingerprint density at radius 2 is 1.50 bits per heavy atom. The largest absolute Gasteiger partial charge is 0.328 e. The molecule has 0 saturated carbocycles. The minimum absolute atomic E-state index is 1.09. The highest BCUT2D eigenvalue weighted by Gasteiger charge is 2.02. The van der Waals surface area contributed by atoms with Gasteiger partial charge in [0.1, 0.15) is 9.20 Å². The first kappa shape index (κ1) is 12.4. The van der Waals surface area contributed by atoms with Crippen LogP contribution in [0, 0.1) is 0 Å². The van der Waals surface area contributed by atoms with Crippen LogP contribution in [0.25, 0.3) is 0 Å². The van der Waals surface area contributed by atoms with Gasteiger partial charge in [0.15, 0.2) is 0 Å². The smallest absolute Gasteiger partial charge is 0.120 e. The highest BCUT2D eigenvalue weighted by molar-refractivity contribution is 6.98. The Morgan fingerprint density at radius 3 is 1.83 bits per heavy atom. The van der Waals surface area contributed by atoms with E-state index in [0.717, 1.165) is 18.2 Å². The third-order valence-electron chi connectivity index (χ3n) is 1.83. The van der Waals surface area contributed by atoms with Crippen molar-refractivity contribution in [1.82, 2.24) is 4.57 Å². The van der Waals surface area contributed by atoms with Gasteiger partial charge < -0.3 is 4.57 Å². The molecular formula is C9H21NSi2. The first-order valence-corrected chi connectivity index (χ1v) is 8.47. The van der Waals surface area contributed by atoms with Crippen LogP contribution in [-0.4, -0.2) is 35.9 Å². The summed E-state index contributed by atoms with van der Waals surface area (Å²) in [7, 11) is 2.20. The monoisotopic (exact) mass is 199 g/mol. The van der Waals surface area contributed by atoms with Crippen LogP contribution in [0.1, 0.15) is 39.5 Å². The lowest BCUT2D eigenvalue weighted by atomic mass is 10.3. The van der Waals surface area contributed by atoms with Crippen LogP contribution in [-0.2, 0) is 0 Å². The molecule has 0 N–H and O–H groups in total. The van der Waals surface area contributed by atoms with E-state index in [4.69, 9.17) is 0 Å². The lowest BCUT2D eigenvalue weighted by Gasteiger charge is -2.19. The molecule has 1 nitrogen and oxygen atoms in total. The van der Waals surface area contributed by atoms with Crippen LogP contribution in [0.4, 0.5) is 0 Å². The Bertz CT molecular complexity index is 80.6. The van der Waals surface area contributed by atoms with Gasteiger partial charge in [-0.2, -0.15) is 0 Å². The highest BCUT2D eigenvalue weighted by Crippen LogP contribution is 1.96. The van der Waals surface area contributed by atoms with Crippen molar-refractivity contribution in [2.24, 2.45) is 0 Å². The molecular weight excluding hydrogens is 178 g/mol. The molecule has 0 aromatic rings. The summed E-state index contributed by atoms with van der Waals surface area (Å²) in [5, 5.41) is 0. The molecule has 0 rings (SSSR count). The normalized spacial score (nSPS) is 11.0. The van der Waals surface area contributed by atoms with Crippen LogP contribution in [0.15, 0.2) is 0 Å². The molecule has 0 aliphatic heterocycles. The molecule has 0 aliphatic carbocycles. The van der Waals surface area contributed by atoms with E-state index >= 15 is 0 Å². The molecule has 3 heteroatoms. The van der Waals surface area contributed by atoms with Gasteiger partial charge in [0.25, 0.3) is 0 Å². The fourth-order valence-corrected chi connectivity index (χ4v) is 3.56. The van der Waals surface area contributed by atoms with E-state index in [0.29, 0.717) is 0 Å². The third-order valence-corrected chi connectivity index (χ3v) is 4.44. The van der Waals surface area contributed by atoms with Crippen molar-refractivity contribution in [2.45, 2.75) is 46.1 Å². The lowest BCUT2D eigenvalue weighted by molar-refractivity contribution is 0.425. The summed E-state index contributed by atoms with van der Waals surface area (Å²) < 4.78 is 2.64. The second kappa shape index (κ2) is 9.48. The number of hydrogen-bond donors (Lipinski definition) is 0. The van der Waals surface area contributed by atoms with Crippen molar-refractivity contribution in [1.29, 1.82) is 0 Å². The summed E-state index contributed by atoms with van der Waals surface area (Å²) in [6.07, 6.45) is 5.42. The van der Waals surface area contributed by atoms with Gasteiger partial charge in [-0.05, 0) is 25.9 Å². The summed E-state index contributed by atoms with van der Waals surface area (Å²) >= 11 is 0. The zero-order valence-electron chi connectivity index (χ0n) is 8.69. The molecule has 0 aliphatic rings. The zero-order chi connectivity index (χ0) is 9.23. The maximum atomic E-state index is 2.64. The predicted octanol–water partition coefficient (Wildman–Crippen LogP) is 2.18. The average Bonchev–Trinajstić information content (AvgIpc) is 2.10. The van der Waals surface area contributed by atoms with Crippen molar-refractivity contribution >= 4 is 18.2 Å². The Balaban J connectivity index is 3.40. The van der Waals surface area contributed by atoms with E-state index < -0.39 is 0 Å². The summed E-state index contributed by atoms with van der Waals surface area (Å²) in [6.45, 7) is 9.51. The lowest BCUT2D eigenvalue weighted by Crippen LogP contribution is -2.32. The van der Waals surface area contributed by atoms with E-state index in [1.54, 1.807) is 0 Å². The van der Waals surface area contributed by atoms with Crippen LogP contribution < -0.4 is 0 Å². The van der Waals surface area contributed by atoms with Crippen LogP contribution >= 0.6 is 0 Å². The molecule has 0 atom stereocenters. The van der Waals surface area contributed by atoms with Crippen LogP contribution in [0.5, 0.6) is 0 Å². The molecule has 0 aromatic heterocycles. The Labute approximate surface area is 82.4 Å². The molecule has 0 amide bonds. The summed E-state index contributed by atoms with van der Waals surface area (Å²) in [5.41, 5.74) is 0. The van der Waals surface area contributed by atoms with Gasteiger partial charge in [0.05, 0.1) is 0 Å². The number of hydrogen-bond acceptors (Lipinski definition) is 1. The number of rotatable bonds is 8. The standard InChI is InChI=1S/C9H21NSi2/c1-4-6-8-10(12-11-3)9-7-5-2/h4-9H2,1-3H3. The maximum Gasteiger partial charge on any atom is 0.120 e. The molecule has 0 spiro atoms. The predicted molar refractivity (Wildman–Crippen MR) is 58.8 cm³/mol. The maximum absolute atomic E-state index is 2.64.